The summed E-state index contributed by atoms with van der Waals surface area (Å²) in [6, 6.07) is 1.82. The fraction of sp³-hybridized carbons (Fsp3) is 0.438. The molecule has 10 nitrogen and oxygen atoms in total. The number of sulfonamides is 1. The molecule has 1 unspecified atom stereocenters. The van der Waals surface area contributed by atoms with E-state index in [0.29, 0.717) is 16.5 Å². The summed E-state index contributed by atoms with van der Waals surface area (Å²) in [6.07, 6.45) is 2.34. The van der Waals surface area contributed by atoms with Crippen LogP contribution < -0.4 is 0 Å². The van der Waals surface area contributed by atoms with Crippen molar-refractivity contribution in [1.82, 2.24) is 28.9 Å². The van der Waals surface area contributed by atoms with Crippen LogP contribution in [-0.4, -0.2) is 62.8 Å². The van der Waals surface area contributed by atoms with Crippen molar-refractivity contribution in [3.63, 3.8) is 0 Å². The Morgan fingerprint density at radius 2 is 2.21 bits per heavy atom. The molecule has 1 fully saturated rings. The van der Waals surface area contributed by atoms with E-state index in [2.05, 4.69) is 20.1 Å². The smallest absolute Gasteiger partial charge is 0.254 e. The van der Waals surface area contributed by atoms with Gasteiger partial charge in [0.25, 0.3) is 15.8 Å². The van der Waals surface area contributed by atoms with Gasteiger partial charge in [0, 0.05) is 18.8 Å². The second-order valence-corrected chi connectivity index (χ2v) is 9.75. The van der Waals surface area contributed by atoms with Crippen LogP contribution in [0.2, 0.25) is 0 Å². The van der Waals surface area contributed by atoms with E-state index in [1.165, 1.54) is 23.8 Å². The molecule has 0 spiro atoms. The minimum atomic E-state index is -3.73. The topological polar surface area (TPSA) is 120 Å². The molecule has 148 valence electrons. The fourth-order valence-corrected chi connectivity index (χ4v) is 5.88. The van der Waals surface area contributed by atoms with Gasteiger partial charge < -0.3 is 4.74 Å². The van der Waals surface area contributed by atoms with Crippen LogP contribution in [0.5, 0.6) is 0 Å². The maximum Gasteiger partial charge on any atom is 0.254 e. The highest BCUT2D eigenvalue weighted by Crippen LogP contribution is 2.29. The number of hydrogen-bond donors (Lipinski definition) is 0. The van der Waals surface area contributed by atoms with E-state index in [9.17, 15) is 13.2 Å². The molecule has 1 atom stereocenters. The van der Waals surface area contributed by atoms with Crippen LogP contribution in [0, 0.1) is 6.92 Å². The second-order valence-electron chi connectivity index (χ2n) is 6.47. The number of hydrogen-bond acceptors (Lipinski definition) is 9. The predicted molar refractivity (Wildman–Crippen MR) is 99.5 cm³/mol. The third-order valence-electron chi connectivity index (χ3n) is 4.29. The van der Waals surface area contributed by atoms with Gasteiger partial charge in [-0.3, -0.25) is 4.79 Å². The van der Waals surface area contributed by atoms with Crippen LogP contribution in [0.4, 0.5) is 0 Å². The number of carbonyl (C=O) groups is 1. The number of fused-ring (bicyclic) bond motifs is 1. The summed E-state index contributed by atoms with van der Waals surface area (Å²) < 4.78 is 35.0. The predicted octanol–water partition coefficient (Wildman–Crippen LogP) is 0.783. The maximum absolute atomic E-state index is 13.1. The van der Waals surface area contributed by atoms with Crippen LogP contribution in [-0.2, 0) is 26.0 Å². The number of Topliss-reactive ketones (excluding diaryl/α,β-unsaturated/α-hetero) is 1. The van der Waals surface area contributed by atoms with Crippen LogP contribution >= 0.6 is 11.3 Å². The summed E-state index contributed by atoms with van der Waals surface area (Å²) in [6.45, 7) is 3.91. The Labute approximate surface area is 165 Å². The van der Waals surface area contributed by atoms with E-state index < -0.39 is 16.1 Å². The highest BCUT2D eigenvalue weighted by molar-refractivity contribution is 7.91. The molecule has 12 heteroatoms. The van der Waals surface area contributed by atoms with E-state index in [1.54, 1.807) is 4.52 Å². The van der Waals surface area contributed by atoms with Crippen molar-refractivity contribution >= 4 is 32.9 Å². The Balaban J connectivity index is 1.62. The van der Waals surface area contributed by atoms with Gasteiger partial charge in [-0.15, -0.1) is 11.3 Å². The first-order valence-electron chi connectivity index (χ1n) is 8.58. The molecule has 0 radical (unpaired) electrons. The van der Waals surface area contributed by atoms with Crippen molar-refractivity contribution < 1.29 is 17.9 Å². The molecule has 4 rings (SSSR count). The summed E-state index contributed by atoms with van der Waals surface area (Å²) in [5.41, 5.74) is 1.44. The molecule has 28 heavy (non-hydrogen) atoms. The summed E-state index contributed by atoms with van der Waals surface area (Å²) in [4.78, 5) is 23.7. The quantitative estimate of drug-likeness (QED) is 0.592. The van der Waals surface area contributed by atoms with Crippen molar-refractivity contribution in [1.29, 1.82) is 0 Å². The first-order valence-corrected chi connectivity index (χ1v) is 10.8. The van der Waals surface area contributed by atoms with Crippen LogP contribution in [0.3, 0.4) is 0 Å². The van der Waals surface area contributed by atoms with E-state index in [4.69, 9.17) is 4.74 Å². The van der Waals surface area contributed by atoms with Gasteiger partial charge in [-0.25, -0.2) is 18.4 Å². The van der Waals surface area contributed by atoms with Gasteiger partial charge in [0.05, 0.1) is 24.9 Å². The first-order chi connectivity index (χ1) is 13.3. The monoisotopic (exact) mass is 422 g/mol. The van der Waals surface area contributed by atoms with Gasteiger partial charge in [0.1, 0.15) is 23.2 Å². The lowest BCUT2D eigenvalue weighted by molar-refractivity contribution is -0.116. The molecular weight excluding hydrogens is 404 g/mol. The van der Waals surface area contributed by atoms with Crippen molar-refractivity contribution in [3.8, 4) is 0 Å². The van der Waals surface area contributed by atoms with Crippen molar-refractivity contribution in [2.24, 2.45) is 0 Å². The lowest BCUT2D eigenvalue weighted by Crippen LogP contribution is -2.42. The molecule has 1 aliphatic heterocycles. The molecule has 1 saturated heterocycles. The summed E-state index contributed by atoms with van der Waals surface area (Å²) in [5, 5.41) is 4.66. The largest absolute Gasteiger partial charge is 0.369 e. The van der Waals surface area contributed by atoms with Gasteiger partial charge >= 0.3 is 0 Å². The van der Waals surface area contributed by atoms with Crippen molar-refractivity contribution in [2.45, 2.75) is 30.6 Å². The minimum absolute atomic E-state index is 0.0605. The number of carbonyl (C=O) groups excluding carboxylic acids is 1. The van der Waals surface area contributed by atoms with Gasteiger partial charge in [-0.1, -0.05) is 0 Å². The van der Waals surface area contributed by atoms with Gasteiger partial charge in [0.15, 0.2) is 4.21 Å². The fourth-order valence-electron chi connectivity index (χ4n) is 3.05. The average molecular weight is 422 g/mol. The summed E-state index contributed by atoms with van der Waals surface area (Å²) >= 11 is 1.03. The van der Waals surface area contributed by atoms with Crippen molar-refractivity contribution in [2.75, 3.05) is 19.7 Å². The Morgan fingerprint density at radius 3 is 3.00 bits per heavy atom. The molecular formula is C16H18N6O4S2. The summed E-state index contributed by atoms with van der Waals surface area (Å²) in [5.74, 6) is 0.379. The van der Waals surface area contributed by atoms with Crippen LogP contribution in [0.1, 0.15) is 29.4 Å². The van der Waals surface area contributed by atoms with E-state index >= 15 is 0 Å². The van der Waals surface area contributed by atoms with E-state index in [1.807, 2.05) is 13.0 Å². The van der Waals surface area contributed by atoms with Crippen LogP contribution in [0.15, 0.2) is 22.8 Å². The lowest BCUT2D eigenvalue weighted by Gasteiger charge is -2.31. The second kappa shape index (κ2) is 7.28. The highest BCUT2D eigenvalue weighted by Gasteiger charge is 2.34. The molecule has 4 heterocycles. The zero-order chi connectivity index (χ0) is 19.9. The van der Waals surface area contributed by atoms with Gasteiger partial charge in [0.2, 0.25) is 0 Å². The minimum Gasteiger partial charge on any atom is -0.369 e. The number of ketones is 1. The van der Waals surface area contributed by atoms with Crippen LogP contribution in [0.25, 0.3) is 5.78 Å². The molecule has 3 aromatic rings. The normalized spacial score (nSPS) is 18.6. The number of aryl methyl sites for hydroxylation is 1. The first kappa shape index (κ1) is 19.1. The average Bonchev–Trinajstić information content (AvgIpc) is 3.30. The molecule has 0 aliphatic carbocycles. The van der Waals surface area contributed by atoms with Crippen molar-refractivity contribution in [3.05, 3.63) is 35.0 Å². The molecule has 3 aromatic heterocycles. The molecule has 1 aliphatic rings. The SMILES string of the molecule is CC(=O)Cc1ncc(S(=O)(=O)N2CCOC(c3cc(C)nc4ncnn34)C2)s1. The lowest BCUT2D eigenvalue weighted by atomic mass is 10.2. The summed E-state index contributed by atoms with van der Waals surface area (Å²) in [7, 11) is -3.73. The molecule has 0 saturated carbocycles. The molecule has 0 amide bonds. The number of thiazole rings is 1. The Kier molecular flexibility index (Phi) is 4.95. The maximum atomic E-state index is 13.1. The highest BCUT2D eigenvalue weighted by atomic mass is 32.2. The molecule has 0 aromatic carbocycles. The Bertz CT molecular complexity index is 1140. The number of rotatable bonds is 5. The third kappa shape index (κ3) is 3.55. The molecule has 0 N–H and O–H groups in total. The number of nitrogens with zero attached hydrogens (tertiary/aromatic N) is 6. The van der Waals surface area contributed by atoms with E-state index in [0.717, 1.165) is 17.0 Å². The third-order valence-corrected chi connectivity index (χ3v) is 7.59. The zero-order valence-electron chi connectivity index (χ0n) is 15.3. The number of ether oxygens (including phenoxy) is 1. The number of morpholine rings is 1. The number of aromatic nitrogens is 5. The standard InChI is InChI=1S/C16H18N6O4S2/c1-10-5-12(22-16(20-10)18-9-19-22)13-8-21(3-4-26-13)28(24,25)15-7-17-14(27-15)6-11(2)23/h5,7,9,13H,3-4,6,8H2,1-2H3. The van der Waals surface area contributed by atoms with Gasteiger partial charge in [-0.05, 0) is 19.9 Å². The zero-order valence-corrected chi connectivity index (χ0v) is 16.9. The van der Waals surface area contributed by atoms with Gasteiger partial charge in [-0.2, -0.15) is 18.9 Å². The van der Waals surface area contributed by atoms with E-state index in [-0.39, 0.29) is 36.1 Å². The Hall–Kier alpha value is -2.28. The molecule has 0 bridgehead atoms. The Morgan fingerprint density at radius 1 is 1.39 bits per heavy atom.